The van der Waals surface area contributed by atoms with Gasteiger partial charge in [0.2, 0.25) is 5.91 Å². The van der Waals surface area contributed by atoms with E-state index in [0.29, 0.717) is 0 Å². The zero-order chi connectivity index (χ0) is 19.6. The van der Waals surface area contributed by atoms with E-state index in [4.69, 9.17) is 0 Å². The summed E-state index contributed by atoms with van der Waals surface area (Å²) in [7, 11) is 1.97. The first kappa shape index (κ1) is 19.1. The SMILES string of the molecule is CCc1ncc(CN2CCC3(CC2)CC(c2ccccc2)C(=O)N(C)C3)cn1. The molecule has 2 saturated heterocycles. The van der Waals surface area contributed by atoms with Crippen LogP contribution in [0.25, 0.3) is 0 Å². The maximum atomic E-state index is 12.8. The molecule has 1 atom stereocenters. The summed E-state index contributed by atoms with van der Waals surface area (Å²) in [6.45, 7) is 6.01. The summed E-state index contributed by atoms with van der Waals surface area (Å²) in [5, 5.41) is 0. The van der Waals surface area contributed by atoms with Crippen molar-refractivity contribution in [3.05, 3.63) is 59.7 Å². The van der Waals surface area contributed by atoms with Crippen molar-refractivity contribution >= 4 is 5.91 Å². The molecular formula is C23H30N4O. The summed E-state index contributed by atoms with van der Waals surface area (Å²) in [4.78, 5) is 26.1. The third kappa shape index (κ3) is 3.95. The molecule has 1 unspecified atom stereocenters. The van der Waals surface area contributed by atoms with E-state index < -0.39 is 0 Å². The highest BCUT2D eigenvalue weighted by molar-refractivity contribution is 5.84. The van der Waals surface area contributed by atoms with Crippen molar-refractivity contribution in [1.82, 2.24) is 19.8 Å². The van der Waals surface area contributed by atoms with Gasteiger partial charge in [0.25, 0.3) is 0 Å². The minimum absolute atomic E-state index is 0.00138. The molecule has 1 amide bonds. The lowest BCUT2D eigenvalue weighted by Gasteiger charge is -2.49. The number of likely N-dealkylation sites (tertiary alicyclic amines) is 2. The highest BCUT2D eigenvalue weighted by atomic mass is 16.2. The molecule has 1 spiro atoms. The summed E-state index contributed by atoms with van der Waals surface area (Å²) >= 11 is 0. The van der Waals surface area contributed by atoms with Crippen molar-refractivity contribution in [1.29, 1.82) is 0 Å². The van der Waals surface area contributed by atoms with Gasteiger partial charge >= 0.3 is 0 Å². The Bertz CT molecular complexity index is 797. The number of aromatic nitrogens is 2. The lowest BCUT2D eigenvalue weighted by Crippen LogP contribution is -2.52. The van der Waals surface area contributed by atoms with Crippen LogP contribution < -0.4 is 0 Å². The Labute approximate surface area is 167 Å². The van der Waals surface area contributed by atoms with E-state index in [1.807, 2.05) is 42.5 Å². The molecule has 3 heterocycles. The maximum absolute atomic E-state index is 12.8. The Hall–Kier alpha value is -2.27. The summed E-state index contributed by atoms with van der Waals surface area (Å²) in [6, 6.07) is 10.3. The summed E-state index contributed by atoms with van der Waals surface area (Å²) < 4.78 is 0. The van der Waals surface area contributed by atoms with E-state index in [1.165, 1.54) is 5.56 Å². The van der Waals surface area contributed by atoms with Crippen LogP contribution in [0.3, 0.4) is 0 Å². The number of carbonyl (C=O) groups excluding carboxylic acids is 1. The van der Waals surface area contributed by atoms with Gasteiger partial charge in [-0.3, -0.25) is 9.69 Å². The molecule has 1 aromatic heterocycles. The van der Waals surface area contributed by atoms with Crippen molar-refractivity contribution in [2.24, 2.45) is 5.41 Å². The average Bonchev–Trinajstić information content (AvgIpc) is 2.74. The topological polar surface area (TPSA) is 49.3 Å². The molecule has 0 radical (unpaired) electrons. The summed E-state index contributed by atoms with van der Waals surface area (Å²) in [6.07, 6.45) is 8.07. The van der Waals surface area contributed by atoms with Crippen molar-refractivity contribution in [2.75, 3.05) is 26.7 Å². The molecule has 148 valence electrons. The van der Waals surface area contributed by atoms with Crippen molar-refractivity contribution in [3.63, 3.8) is 0 Å². The highest BCUT2D eigenvalue weighted by Crippen LogP contribution is 2.45. The van der Waals surface area contributed by atoms with Gasteiger partial charge < -0.3 is 4.90 Å². The van der Waals surface area contributed by atoms with Crippen LogP contribution in [0, 0.1) is 5.41 Å². The van der Waals surface area contributed by atoms with Gasteiger partial charge in [-0.2, -0.15) is 0 Å². The summed E-state index contributed by atoms with van der Waals surface area (Å²) in [5.41, 5.74) is 2.59. The van der Waals surface area contributed by atoms with Crippen molar-refractivity contribution in [3.8, 4) is 0 Å². The predicted molar refractivity (Wildman–Crippen MR) is 110 cm³/mol. The van der Waals surface area contributed by atoms with Gasteiger partial charge in [-0.15, -0.1) is 0 Å². The van der Waals surface area contributed by atoms with Crippen LogP contribution >= 0.6 is 0 Å². The number of piperidine rings is 2. The first-order chi connectivity index (χ1) is 13.6. The third-order valence-electron chi connectivity index (χ3n) is 6.48. The Morgan fingerprint density at radius 3 is 2.43 bits per heavy atom. The second-order valence-electron chi connectivity index (χ2n) is 8.50. The van der Waals surface area contributed by atoms with Gasteiger partial charge in [-0.05, 0) is 43.3 Å². The molecule has 2 aliphatic rings. The van der Waals surface area contributed by atoms with Gasteiger partial charge in [0.15, 0.2) is 0 Å². The molecule has 5 nitrogen and oxygen atoms in total. The highest BCUT2D eigenvalue weighted by Gasteiger charge is 2.44. The van der Waals surface area contributed by atoms with Crippen LogP contribution in [-0.4, -0.2) is 52.4 Å². The zero-order valence-corrected chi connectivity index (χ0v) is 17.0. The lowest BCUT2D eigenvalue weighted by molar-refractivity contribution is -0.139. The van der Waals surface area contributed by atoms with Gasteiger partial charge in [0.1, 0.15) is 5.82 Å². The van der Waals surface area contributed by atoms with Crippen molar-refractivity contribution in [2.45, 2.75) is 45.1 Å². The van der Waals surface area contributed by atoms with E-state index >= 15 is 0 Å². The normalized spacial score (nSPS) is 22.6. The molecule has 0 aliphatic carbocycles. The first-order valence-corrected chi connectivity index (χ1v) is 10.4. The standard InChI is InChI=1S/C23H30N4O/c1-3-21-24-14-18(15-25-21)16-27-11-9-23(10-12-27)13-20(22(28)26(2)17-23)19-7-5-4-6-8-19/h4-8,14-15,20H,3,9-13,16-17H2,1-2H3. The molecule has 4 rings (SSSR count). The number of carbonyl (C=O) groups is 1. The van der Waals surface area contributed by atoms with Crippen LogP contribution in [0.1, 0.15) is 49.1 Å². The molecule has 1 aromatic carbocycles. The van der Waals surface area contributed by atoms with Gasteiger partial charge in [-0.25, -0.2) is 9.97 Å². The molecule has 2 aromatic rings. The smallest absolute Gasteiger partial charge is 0.229 e. The average molecular weight is 379 g/mol. The van der Waals surface area contributed by atoms with Gasteiger partial charge in [-0.1, -0.05) is 37.3 Å². The van der Waals surface area contributed by atoms with Gasteiger partial charge in [0, 0.05) is 44.5 Å². The van der Waals surface area contributed by atoms with Crippen LogP contribution in [0.15, 0.2) is 42.7 Å². The number of amides is 1. The quantitative estimate of drug-likeness (QED) is 0.819. The number of nitrogens with zero attached hydrogens (tertiary/aromatic N) is 4. The largest absolute Gasteiger partial charge is 0.345 e. The molecule has 0 bridgehead atoms. The van der Waals surface area contributed by atoms with Crippen LogP contribution in [0.4, 0.5) is 0 Å². The number of likely N-dealkylation sites (N-methyl/N-ethyl adjacent to an activating group) is 1. The van der Waals surface area contributed by atoms with E-state index in [-0.39, 0.29) is 17.2 Å². The Balaban J connectivity index is 1.41. The van der Waals surface area contributed by atoms with E-state index in [2.05, 4.69) is 33.9 Å². The zero-order valence-electron chi connectivity index (χ0n) is 17.0. The van der Waals surface area contributed by atoms with Crippen LogP contribution in [0.5, 0.6) is 0 Å². The van der Waals surface area contributed by atoms with Crippen molar-refractivity contribution < 1.29 is 4.79 Å². The fraction of sp³-hybridized carbons (Fsp3) is 0.522. The van der Waals surface area contributed by atoms with E-state index in [0.717, 1.165) is 63.3 Å². The number of rotatable bonds is 4. The second kappa shape index (κ2) is 8.00. The molecule has 2 aliphatic heterocycles. The minimum atomic E-state index is 0.00138. The molecule has 0 N–H and O–H groups in total. The minimum Gasteiger partial charge on any atom is -0.345 e. The fourth-order valence-electron chi connectivity index (χ4n) is 4.83. The Morgan fingerprint density at radius 1 is 1.11 bits per heavy atom. The number of benzene rings is 1. The Kier molecular flexibility index (Phi) is 5.44. The molecule has 28 heavy (non-hydrogen) atoms. The molecule has 5 heteroatoms. The molecule has 2 fully saturated rings. The molecule has 0 saturated carbocycles. The third-order valence-corrected chi connectivity index (χ3v) is 6.48. The number of aryl methyl sites for hydroxylation is 1. The van der Waals surface area contributed by atoms with Crippen LogP contribution in [0.2, 0.25) is 0 Å². The van der Waals surface area contributed by atoms with Crippen LogP contribution in [-0.2, 0) is 17.8 Å². The molecular weight excluding hydrogens is 348 g/mol. The summed E-state index contributed by atoms with van der Waals surface area (Å²) in [5.74, 6) is 1.18. The number of hydrogen-bond acceptors (Lipinski definition) is 4. The van der Waals surface area contributed by atoms with Gasteiger partial charge in [0.05, 0.1) is 5.92 Å². The fourth-order valence-corrected chi connectivity index (χ4v) is 4.83. The lowest BCUT2D eigenvalue weighted by atomic mass is 9.67. The Morgan fingerprint density at radius 2 is 1.79 bits per heavy atom. The maximum Gasteiger partial charge on any atom is 0.229 e. The van der Waals surface area contributed by atoms with E-state index in [9.17, 15) is 4.79 Å². The number of hydrogen-bond donors (Lipinski definition) is 0. The first-order valence-electron chi connectivity index (χ1n) is 10.4. The second-order valence-corrected chi connectivity index (χ2v) is 8.50. The predicted octanol–water partition coefficient (Wildman–Crippen LogP) is 3.27. The monoisotopic (exact) mass is 378 g/mol. The van der Waals surface area contributed by atoms with E-state index in [1.54, 1.807) is 0 Å².